The minimum Gasteiger partial charge on any atom is -0.460 e. The minimum absolute atomic E-state index is 0.0642. The molecule has 0 unspecified atom stereocenters. The Labute approximate surface area is 204 Å². The van der Waals surface area contributed by atoms with Crippen LogP contribution in [-0.2, 0) is 32.1 Å². The first-order valence-electron chi connectivity index (χ1n) is 11.7. The van der Waals surface area contributed by atoms with Crippen LogP contribution >= 0.6 is 0 Å². The molecule has 0 bridgehead atoms. The fourth-order valence-corrected chi connectivity index (χ4v) is 4.10. The first-order valence-corrected chi connectivity index (χ1v) is 11.7. The molecular formula is C24H31N7O4. The summed E-state index contributed by atoms with van der Waals surface area (Å²) in [4.78, 5) is 39.7. The predicted octanol–water partition coefficient (Wildman–Crippen LogP) is 0.574. The molecule has 3 heterocycles. The van der Waals surface area contributed by atoms with Crippen LogP contribution < -0.4 is 15.5 Å². The van der Waals surface area contributed by atoms with Gasteiger partial charge in [0.15, 0.2) is 0 Å². The van der Waals surface area contributed by atoms with E-state index in [0.717, 1.165) is 48.9 Å². The number of nitrogens with zero attached hydrogens (tertiary/aromatic N) is 5. The Hall–Kier alpha value is -3.73. The number of piperazine rings is 1. The number of ether oxygens (including phenoxy) is 2. The molecule has 2 aliphatic rings. The lowest BCUT2D eigenvalue weighted by atomic mass is 10.1. The molecule has 0 atom stereocenters. The Morgan fingerprint density at radius 3 is 2.37 bits per heavy atom. The second-order valence-electron chi connectivity index (χ2n) is 8.57. The van der Waals surface area contributed by atoms with Gasteiger partial charge in [0, 0.05) is 39.3 Å². The molecule has 2 saturated heterocycles. The lowest BCUT2D eigenvalue weighted by Crippen LogP contribution is -2.49. The van der Waals surface area contributed by atoms with Crippen LogP contribution in [0.3, 0.4) is 0 Å². The number of carbonyl (C=O) groups is 2. The summed E-state index contributed by atoms with van der Waals surface area (Å²) in [6, 6.07) is 7.43. The molecule has 2 aromatic rings. The number of carbonyl (C=O) groups excluding carboxylic acids is 2. The molecule has 1 amide bonds. The lowest BCUT2D eigenvalue weighted by Gasteiger charge is -2.36. The van der Waals surface area contributed by atoms with Gasteiger partial charge in [-0.05, 0) is 11.1 Å². The zero-order valence-electron chi connectivity index (χ0n) is 19.7. The van der Waals surface area contributed by atoms with Crippen LogP contribution in [-0.4, -0.2) is 85.1 Å². The van der Waals surface area contributed by atoms with Crippen LogP contribution in [0.5, 0.6) is 0 Å². The summed E-state index contributed by atoms with van der Waals surface area (Å²) < 4.78 is 10.5. The zero-order valence-corrected chi connectivity index (χ0v) is 19.7. The smallest absolute Gasteiger partial charge is 0.313 e. The van der Waals surface area contributed by atoms with Crippen molar-refractivity contribution in [1.82, 2.24) is 14.9 Å². The largest absolute Gasteiger partial charge is 0.460 e. The second-order valence-corrected chi connectivity index (χ2v) is 8.57. The first kappa shape index (κ1) is 24.4. The highest BCUT2D eigenvalue weighted by Gasteiger charge is 2.22. The van der Waals surface area contributed by atoms with Crippen LogP contribution in [0.25, 0.3) is 0 Å². The number of anilines is 2. The molecule has 0 aliphatic carbocycles. The summed E-state index contributed by atoms with van der Waals surface area (Å²) in [6.07, 6.45) is 3.76. The summed E-state index contributed by atoms with van der Waals surface area (Å²) in [5, 5.41) is 7.14. The van der Waals surface area contributed by atoms with Gasteiger partial charge in [-0.25, -0.2) is 9.97 Å². The van der Waals surface area contributed by atoms with Gasteiger partial charge in [-0.3, -0.25) is 15.0 Å². The SMILES string of the molecule is N=C(N)CC(=O)OCc1cccc(CC(=O)N2CCN(c3cnc(N4CCOCC4)nc3)CC2)c1. The number of hydrogen-bond donors (Lipinski definition) is 2. The number of aromatic nitrogens is 2. The number of nitrogens with two attached hydrogens (primary N) is 1. The molecule has 1 aromatic carbocycles. The van der Waals surface area contributed by atoms with Crippen molar-refractivity contribution >= 4 is 29.3 Å². The average Bonchev–Trinajstić information content (AvgIpc) is 2.88. The summed E-state index contributed by atoms with van der Waals surface area (Å²) in [7, 11) is 0. The third kappa shape index (κ3) is 6.89. The Morgan fingerprint density at radius 2 is 1.69 bits per heavy atom. The van der Waals surface area contributed by atoms with Crippen molar-refractivity contribution in [3.05, 3.63) is 47.8 Å². The van der Waals surface area contributed by atoms with Gasteiger partial charge >= 0.3 is 5.97 Å². The van der Waals surface area contributed by atoms with E-state index in [4.69, 9.17) is 20.6 Å². The van der Waals surface area contributed by atoms with E-state index in [1.165, 1.54) is 0 Å². The topological polar surface area (TPSA) is 138 Å². The summed E-state index contributed by atoms with van der Waals surface area (Å²) in [6.45, 7) is 5.77. The van der Waals surface area contributed by atoms with Crippen molar-refractivity contribution in [2.24, 2.45) is 5.73 Å². The van der Waals surface area contributed by atoms with Gasteiger partial charge in [-0.15, -0.1) is 0 Å². The lowest BCUT2D eigenvalue weighted by molar-refractivity contribution is -0.143. The van der Waals surface area contributed by atoms with Crippen molar-refractivity contribution in [2.75, 3.05) is 62.3 Å². The van der Waals surface area contributed by atoms with E-state index in [2.05, 4.69) is 19.8 Å². The number of morpholine rings is 1. The van der Waals surface area contributed by atoms with Gasteiger partial charge in [0.2, 0.25) is 11.9 Å². The molecule has 1 aromatic heterocycles. The van der Waals surface area contributed by atoms with Gasteiger partial charge in [0.1, 0.15) is 18.9 Å². The molecule has 186 valence electrons. The highest BCUT2D eigenvalue weighted by Crippen LogP contribution is 2.18. The molecule has 0 spiro atoms. The van der Waals surface area contributed by atoms with E-state index in [1.807, 2.05) is 41.6 Å². The molecule has 11 heteroatoms. The maximum absolute atomic E-state index is 12.9. The molecule has 0 saturated carbocycles. The molecule has 2 aliphatic heterocycles. The van der Waals surface area contributed by atoms with E-state index in [1.54, 1.807) is 0 Å². The normalized spacial score (nSPS) is 16.2. The van der Waals surface area contributed by atoms with Crippen LogP contribution in [0.1, 0.15) is 17.5 Å². The molecule has 0 radical (unpaired) electrons. The monoisotopic (exact) mass is 481 g/mol. The fraction of sp³-hybridized carbons (Fsp3) is 0.458. The van der Waals surface area contributed by atoms with E-state index in [0.29, 0.717) is 26.3 Å². The number of nitrogens with one attached hydrogen (secondary N) is 1. The van der Waals surface area contributed by atoms with Gasteiger partial charge in [0.05, 0.1) is 37.7 Å². The zero-order chi connectivity index (χ0) is 24.6. The van der Waals surface area contributed by atoms with E-state index >= 15 is 0 Å². The van der Waals surface area contributed by atoms with Gasteiger partial charge in [-0.1, -0.05) is 24.3 Å². The first-order chi connectivity index (χ1) is 17.0. The summed E-state index contributed by atoms with van der Waals surface area (Å²) >= 11 is 0. The van der Waals surface area contributed by atoms with Crippen LogP contribution in [0.2, 0.25) is 0 Å². The van der Waals surface area contributed by atoms with Crippen molar-refractivity contribution in [3.63, 3.8) is 0 Å². The number of benzene rings is 1. The van der Waals surface area contributed by atoms with Crippen molar-refractivity contribution in [2.45, 2.75) is 19.4 Å². The average molecular weight is 482 g/mol. The highest BCUT2D eigenvalue weighted by molar-refractivity contribution is 5.94. The molecular weight excluding hydrogens is 450 g/mol. The Bertz CT molecular complexity index is 1030. The number of amidine groups is 1. The third-order valence-electron chi connectivity index (χ3n) is 6.00. The molecule has 11 nitrogen and oxygen atoms in total. The van der Waals surface area contributed by atoms with Crippen molar-refractivity contribution < 1.29 is 19.1 Å². The Balaban J connectivity index is 1.25. The Morgan fingerprint density at radius 1 is 1.00 bits per heavy atom. The van der Waals surface area contributed by atoms with Crippen molar-refractivity contribution in [1.29, 1.82) is 5.41 Å². The molecule has 3 N–H and O–H groups in total. The summed E-state index contributed by atoms with van der Waals surface area (Å²) in [5.41, 5.74) is 7.83. The van der Waals surface area contributed by atoms with Crippen LogP contribution in [0, 0.1) is 5.41 Å². The van der Waals surface area contributed by atoms with E-state index in [-0.39, 0.29) is 31.2 Å². The van der Waals surface area contributed by atoms with Crippen molar-refractivity contribution in [3.8, 4) is 0 Å². The fourth-order valence-electron chi connectivity index (χ4n) is 4.10. The predicted molar refractivity (Wildman–Crippen MR) is 130 cm³/mol. The highest BCUT2D eigenvalue weighted by atomic mass is 16.5. The maximum atomic E-state index is 12.9. The minimum atomic E-state index is -0.544. The second kappa shape index (κ2) is 11.6. The molecule has 4 rings (SSSR count). The Kier molecular flexibility index (Phi) is 8.09. The number of rotatable bonds is 8. The quantitative estimate of drug-likeness (QED) is 0.315. The van der Waals surface area contributed by atoms with Gasteiger partial charge in [-0.2, -0.15) is 0 Å². The maximum Gasteiger partial charge on any atom is 0.313 e. The van der Waals surface area contributed by atoms with E-state index in [9.17, 15) is 9.59 Å². The summed E-state index contributed by atoms with van der Waals surface area (Å²) in [5.74, 6) is 0.0148. The van der Waals surface area contributed by atoms with Gasteiger partial charge < -0.3 is 29.9 Å². The van der Waals surface area contributed by atoms with E-state index < -0.39 is 5.97 Å². The number of amides is 1. The molecule has 2 fully saturated rings. The van der Waals surface area contributed by atoms with Crippen LogP contribution in [0.4, 0.5) is 11.6 Å². The number of esters is 1. The van der Waals surface area contributed by atoms with Gasteiger partial charge in [0.25, 0.3) is 0 Å². The third-order valence-corrected chi connectivity index (χ3v) is 6.00. The number of hydrogen-bond acceptors (Lipinski definition) is 9. The van der Waals surface area contributed by atoms with Crippen LogP contribution in [0.15, 0.2) is 36.7 Å². The standard InChI is InChI=1S/C24H31N7O4/c25-21(26)14-23(33)35-17-19-3-1-2-18(12-19)13-22(32)30-6-4-29(5-7-30)20-15-27-24(28-16-20)31-8-10-34-11-9-31/h1-3,12,15-16H,4-11,13-14,17H2,(H3,25,26). The molecule has 35 heavy (non-hydrogen) atoms.